The molecule has 0 atom stereocenters. The monoisotopic (exact) mass is 388 g/mol. The molecule has 0 unspecified atom stereocenters. The van der Waals surface area contributed by atoms with Crippen LogP contribution in [0.4, 0.5) is 5.13 Å². The molecule has 26 heavy (non-hydrogen) atoms. The Morgan fingerprint density at radius 1 is 1.27 bits per heavy atom. The van der Waals surface area contributed by atoms with Gasteiger partial charge in [0.05, 0.1) is 29.3 Å². The molecular weight excluding hydrogens is 364 g/mol. The van der Waals surface area contributed by atoms with Gasteiger partial charge in [0.15, 0.2) is 5.13 Å². The number of nitrogens with one attached hydrogen (secondary N) is 1. The molecule has 1 aromatic heterocycles. The van der Waals surface area contributed by atoms with Crippen molar-refractivity contribution in [2.45, 2.75) is 43.5 Å². The average Bonchev–Trinajstić information content (AvgIpc) is 3.27. The van der Waals surface area contributed by atoms with Crippen LogP contribution in [0.25, 0.3) is 5.70 Å². The molecule has 0 amide bonds. The summed E-state index contributed by atoms with van der Waals surface area (Å²) in [5.74, 6) is 0.916. The van der Waals surface area contributed by atoms with Crippen molar-refractivity contribution >= 4 is 34.1 Å². The maximum Gasteiger partial charge on any atom is 0.180 e. The first-order chi connectivity index (χ1) is 12.7. The predicted octanol–water partition coefficient (Wildman–Crippen LogP) is 3.58. The molecular formula is C19H24N4OS2. The molecule has 4 N–H and O–H groups in total. The maximum atomic E-state index is 9.97. The number of thiazole rings is 1. The molecule has 7 heteroatoms. The number of benzene rings is 1. The van der Waals surface area contributed by atoms with Gasteiger partial charge in [-0.1, -0.05) is 54.5 Å². The van der Waals surface area contributed by atoms with E-state index in [1.54, 1.807) is 23.3 Å². The molecule has 2 heterocycles. The van der Waals surface area contributed by atoms with Gasteiger partial charge in [-0.2, -0.15) is 0 Å². The molecule has 0 saturated heterocycles. The molecule has 0 spiro atoms. The molecule has 1 aliphatic carbocycles. The molecule has 5 nitrogen and oxygen atoms in total. The Kier molecular flexibility index (Phi) is 5.11. The van der Waals surface area contributed by atoms with E-state index in [0.29, 0.717) is 5.13 Å². The van der Waals surface area contributed by atoms with Crippen LogP contribution in [0.1, 0.15) is 41.8 Å². The number of fused-ring (bicyclic) bond motifs is 1. The Labute approximate surface area is 162 Å². The molecule has 4 rings (SSSR count). The van der Waals surface area contributed by atoms with Crippen molar-refractivity contribution in [1.29, 1.82) is 0 Å². The number of rotatable bonds is 6. The number of anilines is 1. The summed E-state index contributed by atoms with van der Waals surface area (Å²) in [5, 5.41) is 14.2. The average molecular weight is 389 g/mol. The van der Waals surface area contributed by atoms with Gasteiger partial charge in [-0.05, 0) is 30.4 Å². The molecule has 1 aromatic carbocycles. The van der Waals surface area contributed by atoms with Crippen LogP contribution in [-0.2, 0) is 12.3 Å². The molecule has 0 radical (unpaired) electrons. The van der Waals surface area contributed by atoms with Gasteiger partial charge in [0.2, 0.25) is 0 Å². The summed E-state index contributed by atoms with van der Waals surface area (Å²) in [5.41, 5.74) is 8.99. The van der Waals surface area contributed by atoms with E-state index in [4.69, 9.17) is 5.73 Å². The highest BCUT2D eigenvalue weighted by molar-refractivity contribution is 7.96. The van der Waals surface area contributed by atoms with Gasteiger partial charge in [0.25, 0.3) is 0 Å². The smallest absolute Gasteiger partial charge is 0.180 e. The van der Waals surface area contributed by atoms with Gasteiger partial charge in [-0.25, -0.2) is 4.98 Å². The van der Waals surface area contributed by atoms with Crippen LogP contribution in [0, 0.1) is 0 Å². The van der Waals surface area contributed by atoms with E-state index in [1.807, 2.05) is 6.07 Å². The lowest BCUT2D eigenvalue weighted by Crippen LogP contribution is -2.45. The Morgan fingerprint density at radius 2 is 2.04 bits per heavy atom. The number of hydrogen-bond donors (Lipinski definition) is 3. The van der Waals surface area contributed by atoms with Gasteiger partial charge < -0.3 is 20.5 Å². The number of aliphatic hydroxyl groups is 1. The fourth-order valence-electron chi connectivity index (χ4n) is 3.65. The van der Waals surface area contributed by atoms with Crippen LogP contribution in [0.5, 0.6) is 0 Å². The van der Waals surface area contributed by atoms with Crippen molar-refractivity contribution in [3.63, 3.8) is 0 Å². The molecule has 138 valence electrons. The highest BCUT2D eigenvalue weighted by Crippen LogP contribution is 2.38. The molecule has 2 aliphatic rings. The zero-order chi connectivity index (χ0) is 18.0. The summed E-state index contributed by atoms with van der Waals surface area (Å²) >= 11 is 3.34. The fourth-order valence-corrected chi connectivity index (χ4v) is 5.48. The van der Waals surface area contributed by atoms with E-state index >= 15 is 0 Å². The summed E-state index contributed by atoms with van der Waals surface area (Å²) in [7, 11) is 0. The van der Waals surface area contributed by atoms with Crippen LogP contribution in [0.3, 0.4) is 0 Å². The summed E-state index contributed by atoms with van der Waals surface area (Å²) in [6.07, 6.45) is 6.42. The minimum atomic E-state index is -0.228. The first-order valence-corrected chi connectivity index (χ1v) is 10.7. The lowest BCUT2D eigenvalue weighted by Gasteiger charge is -2.33. The van der Waals surface area contributed by atoms with Crippen LogP contribution in [0.15, 0.2) is 36.5 Å². The number of nitrogen functional groups attached to an aromatic ring is 1. The van der Waals surface area contributed by atoms with Crippen molar-refractivity contribution in [2.24, 2.45) is 0 Å². The molecule has 0 bridgehead atoms. The lowest BCUT2D eigenvalue weighted by atomic mass is 9.98. The van der Waals surface area contributed by atoms with Crippen LogP contribution < -0.4 is 11.1 Å². The van der Waals surface area contributed by atoms with Crippen molar-refractivity contribution in [1.82, 2.24) is 14.6 Å². The van der Waals surface area contributed by atoms with Crippen LogP contribution >= 0.6 is 23.3 Å². The second-order valence-electron chi connectivity index (χ2n) is 6.97. The summed E-state index contributed by atoms with van der Waals surface area (Å²) in [6, 6.07) is 10.5. The van der Waals surface area contributed by atoms with Crippen molar-refractivity contribution in [3.05, 3.63) is 52.7 Å². The number of aromatic nitrogens is 1. The molecule has 2 aromatic rings. The van der Waals surface area contributed by atoms with E-state index in [9.17, 15) is 5.11 Å². The van der Waals surface area contributed by atoms with Gasteiger partial charge in [0, 0.05) is 12.0 Å². The van der Waals surface area contributed by atoms with Gasteiger partial charge in [0.1, 0.15) is 5.69 Å². The molecule has 1 fully saturated rings. The van der Waals surface area contributed by atoms with E-state index < -0.39 is 0 Å². The molecule has 1 aliphatic heterocycles. The van der Waals surface area contributed by atoms with Crippen molar-refractivity contribution in [3.8, 4) is 0 Å². The van der Waals surface area contributed by atoms with Gasteiger partial charge in [-0.3, -0.25) is 0 Å². The summed E-state index contributed by atoms with van der Waals surface area (Å²) in [4.78, 5) is 5.72. The second-order valence-corrected chi connectivity index (χ2v) is 9.10. The SMILES string of the molecule is Nc1nc2c(s1)CN(SCc1ccccc1)C=C2NC1(CO)CCCC1. The number of nitrogens with two attached hydrogens (primary N) is 1. The largest absolute Gasteiger partial charge is 0.394 e. The van der Waals surface area contributed by atoms with E-state index in [1.165, 1.54) is 10.4 Å². The van der Waals surface area contributed by atoms with E-state index in [-0.39, 0.29) is 12.1 Å². The zero-order valence-corrected chi connectivity index (χ0v) is 16.3. The summed E-state index contributed by atoms with van der Waals surface area (Å²) in [6.45, 7) is 0.954. The minimum Gasteiger partial charge on any atom is -0.394 e. The lowest BCUT2D eigenvalue weighted by molar-refractivity contribution is 0.180. The molecule has 1 saturated carbocycles. The number of aliphatic hydroxyl groups excluding tert-OH is 1. The normalized spacial score (nSPS) is 18.5. The van der Waals surface area contributed by atoms with Crippen LogP contribution in [-0.4, -0.2) is 26.5 Å². The third-order valence-corrected chi connectivity index (χ3v) is 6.94. The first-order valence-electron chi connectivity index (χ1n) is 8.97. The standard InChI is InChI=1S/C19H24N4OS2/c20-18-21-17-15(22-19(13-24)8-4-5-9-19)10-23(11-16(17)26-18)25-12-14-6-2-1-3-7-14/h1-3,6-7,10,22,24H,4-5,8-9,11-13H2,(H2,20,21). The van der Waals surface area contributed by atoms with Crippen LogP contribution in [0.2, 0.25) is 0 Å². The highest BCUT2D eigenvalue weighted by atomic mass is 32.2. The summed E-state index contributed by atoms with van der Waals surface area (Å²) < 4.78 is 2.25. The Bertz CT molecular complexity index is 784. The second kappa shape index (κ2) is 7.50. The minimum absolute atomic E-state index is 0.149. The Balaban J connectivity index is 1.55. The van der Waals surface area contributed by atoms with E-state index in [0.717, 1.165) is 49.4 Å². The fraction of sp³-hybridized carbons (Fsp3) is 0.421. The Morgan fingerprint density at radius 3 is 2.77 bits per heavy atom. The first kappa shape index (κ1) is 17.7. The number of nitrogens with zero attached hydrogens (tertiary/aromatic N) is 2. The van der Waals surface area contributed by atoms with Crippen molar-refractivity contribution < 1.29 is 5.11 Å². The number of hydrogen-bond acceptors (Lipinski definition) is 7. The third kappa shape index (κ3) is 3.70. The topological polar surface area (TPSA) is 74.4 Å². The zero-order valence-electron chi connectivity index (χ0n) is 14.6. The maximum absolute atomic E-state index is 9.97. The van der Waals surface area contributed by atoms with E-state index in [2.05, 4.69) is 45.1 Å². The highest BCUT2D eigenvalue weighted by Gasteiger charge is 2.35. The quantitative estimate of drug-likeness (QED) is 0.657. The predicted molar refractivity (Wildman–Crippen MR) is 109 cm³/mol. The third-order valence-electron chi connectivity index (χ3n) is 5.04. The Hall–Kier alpha value is -1.70. The van der Waals surface area contributed by atoms with Crippen molar-refractivity contribution in [2.75, 3.05) is 12.3 Å². The van der Waals surface area contributed by atoms with Gasteiger partial charge >= 0.3 is 0 Å². The van der Waals surface area contributed by atoms with Gasteiger partial charge in [-0.15, -0.1) is 0 Å².